The largest absolute Gasteiger partial charge is 0.495 e. The van der Waals surface area contributed by atoms with Crippen molar-refractivity contribution >= 4 is 23.4 Å². The fourth-order valence-corrected chi connectivity index (χ4v) is 4.60. The molecule has 3 aliphatic rings. The molecule has 1 aromatic carbocycles. The molecule has 2 saturated heterocycles. The summed E-state index contributed by atoms with van der Waals surface area (Å²) in [5.41, 5.74) is 1.98. The maximum atomic E-state index is 12.9. The van der Waals surface area contributed by atoms with Crippen LogP contribution in [-0.2, 0) is 4.79 Å². The highest BCUT2D eigenvalue weighted by Gasteiger charge is 2.33. The first-order chi connectivity index (χ1) is 15.6. The Kier molecular flexibility index (Phi) is 5.63. The van der Waals surface area contributed by atoms with Crippen LogP contribution >= 0.6 is 0 Å². The number of hydrogen-bond donors (Lipinski definition) is 2. The number of carbonyl (C=O) groups excluding carboxylic acids is 2. The lowest BCUT2D eigenvalue weighted by molar-refractivity contribution is -0.122. The summed E-state index contributed by atoms with van der Waals surface area (Å²) in [5.74, 6) is 2.23. The van der Waals surface area contributed by atoms with Crippen molar-refractivity contribution in [3.63, 3.8) is 0 Å². The zero-order valence-corrected chi connectivity index (χ0v) is 18.4. The molecule has 0 bridgehead atoms. The number of nitrogens with zero attached hydrogens (tertiary/aromatic N) is 4. The molecule has 0 atom stereocenters. The Morgan fingerprint density at radius 1 is 1.16 bits per heavy atom. The van der Waals surface area contributed by atoms with Crippen LogP contribution < -0.4 is 19.9 Å². The zero-order valence-electron chi connectivity index (χ0n) is 18.4. The number of carbonyl (C=O) groups is 2. The van der Waals surface area contributed by atoms with E-state index >= 15 is 0 Å². The van der Waals surface area contributed by atoms with E-state index in [9.17, 15) is 9.59 Å². The molecule has 2 aromatic rings. The molecule has 0 unspecified atom stereocenters. The zero-order chi connectivity index (χ0) is 22.1. The van der Waals surface area contributed by atoms with Gasteiger partial charge in [-0.15, -0.1) is 0 Å². The minimum absolute atomic E-state index is 0.0782. The maximum Gasteiger partial charge on any atom is 0.325 e. The Labute approximate surface area is 187 Å². The number of para-hydroxylation sites is 2. The van der Waals surface area contributed by atoms with E-state index in [4.69, 9.17) is 4.74 Å². The van der Waals surface area contributed by atoms with Crippen molar-refractivity contribution in [3.8, 4) is 5.75 Å². The van der Waals surface area contributed by atoms with Crippen molar-refractivity contribution in [1.82, 2.24) is 20.4 Å². The van der Waals surface area contributed by atoms with Gasteiger partial charge in [0.1, 0.15) is 12.3 Å². The van der Waals surface area contributed by atoms with Crippen LogP contribution in [0.1, 0.15) is 37.3 Å². The number of aromatic amines is 1. The van der Waals surface area contributed by atoms with Crippen LogP contribution in [0.4, 0.5) is 16.3 Å². The predicted molar refractivity (Wildman–Crippen MR) is 121 cm³/mol. The number of nitrogens with one attached hydrogen (secondary N) is 2. The van der Waals surface area contributed by atoms with Crippen LogP contribution in [0.25, 0.3) is 0 Å². The first-order valence-corrected chi connectivity index (χ1v) is 11.4. The number of hydrogen-bond acceptors (Lipinski definition) is 5. The number of piperidine rings is 1. The van der Waals surface area contributed by atoms with E-state index in [1.807, 2.05) is 24.3 Å². The summed E-state index contributed by atoms with van der Waals surface area (Å²) >= 11 is 0. The number of rotatable bonds is 7. The van der Waals surface area contributed by atoms with Gasteiger partial charge >= 0.3 is 6.03 Å². The first kappa shape index (κ1) is 20.7. The molecule has 9 nitrogen and oxygen atoms in total. The molecule has 1 aromatic heterocycles. The van der Waals surface area contributed by atoms with Gasteiger partial charge < -0.3 is 19.9 Å². The monoisotopic (exact) mass is 438 g/mol. The van der Waals surface area contributed by atoms with Crippen LogP contribution in [0, 0.1) is 0 Å². The van der Waals surface area contributed by atoms with Gasteiger partial charge in [0.2, 0.25) is 5.91 Å². The lowest BCUT2D eigenvalue weighted by Gasteiger charge is -2.32. The standard InChI is InChI=1S/C23H30N6O3/c1-32-20-5-3-2-4-19(20)29-13-12-28(23(29)31)15-22(30)24-17-8-10-27(11-9-17)21-14-18(25-26-21)16-6-7-16/h2-5,14,16-17H,6-13,15H2,1H3,(H,24,30)(H,25,26). The average Bonchev–Trinajstić information content (AvgIpc) is 3.44. The highest BCUT2D eigenvalue weighted by molar-refractivity contribution is 5.97. The predicted octanol–water partition coefficient (Wildman–Crippen LogP) is 2.32. The molecule has 2 aliphatic heterocycles. The molecule has 3 heterocycles. The van der Waals surface area contributed by atoms with Crippen LogP contribution in [0.2, 0.25) is 0 Å². The third-order valence-electron chi connectivity index (χ3n) is 6.59. The highest BCUT2D eigenvalue weighted by Crippen LogP contribution is 2.40. The Morgan fingerprint density at radius 2 is 1.94 bits per heavy atom. The summed E-state index contributed by atoms with van der Waals surface area (Å²) in [4.78, 5) is 31.0. The third-order valence-corrected chi connectivity index (χ3v) is 6.59. The summed E-state index contributed by atoms with van der Waals surface area (Å²) in [6, 6.07) is 9.58. The molecule has 170 valence electrons. The number of benzene rings is 1. The molecule has 2 N–H and O–H groups in total. The Hall–Kier alpha value is -3.23. The first-order valence-electron chi connectivity index (χ1n) is 11.4. The molecule has 3 amide bonds. The van der Waals surface area contributed by atoms with Gasteiger partial charge in [-0.05, 0) is 37.8 Å². The van der Waals surface area contributed by atoms with E-state index in [-0.39, 0.29) is 24.5 Å². The molecule has 9 heteroatoms. The lowest BCUT2D eigenvalue weighted by atomic mass is 10.0. The van der Waals surface area contributed by atoms with Gasteiger partial charge in [-0.2, -0.15) is 5.10 Å². The second-order valence-electron chi connectivity index (χ2n) is 8.81. The maximum absolute atomic E-state index is 12.9. The smallest absolute Gasteiger partial charge is 0.325 e. The topological polar surface area (TPSA) is 93.8 Å². The summed E-state index contributed by atoms with van der Waals surface area (Å²) in [7, 11) is 1.59. The van der Waals surface area contributed by atoms with E-state index in [0.29, 0.717) is 24.8 Å². The van der Waals surface area contributed by atoms with Crippen LogP contribution in [0.15, 0.2) is 30.3 Å². The highest BCUT2D eigenvalue weighted by atomic mass is 16.5. The fraction of sp³-hybridized carbons (Fsp3) is 0.522. The average molecular weight is 439 g/mol. The van der Waals surface area contributed by atoms with Crippen LogP contribution in [-0.4, -0.2) is 72.9 Å². The minimum Gasteiger partial charge on any atom is -0.495 e. The van der Waals surface area contributed by atoms with Gasteiger partial charge in [0.25, 0.3) is 0 Å². The summed E-state index contributed by atoms with van der Waals surface area (Å²) in [6.45, 7) is 2.87. The van der Waals surface area contributed by atoms with E-state index in [1.165, 1.54) is 18.5 Å². The molecular weight excluding hydrogens is 408 g/mol. The SMILES string of the molecule is COc1ccccc1N1CCN(CC(=O)NC2CCN(c3cc(C4CC4)[nH]n3)CC2)C1=O. The van der Waals surface area contributed by atoms with Crippen LogP contribution in [0.5, 0.6) is 5.75 Å². The van der Waals surface area contributed by atoms with Crippen LogP contribution in [0.3, 0.4) is 0 Å². The number of ether oxygens (including phenoxy) is 1. The van der Waals surface area contributed by atoms with Gasteiger partial charge in [-0.25, -0.2) is 4.79 Å². The van der Waals surface area contributed by atoms with Crippen molar-refractivity contribution in [2.24, 2.45) is 0 Å². The number of anilines is 2. The van der Waals surface area contributed by atoms with Gasteiger partial charge in [0, 0.05) is 49.9 Å². The summed E-state index contributed by atoms with van der Waals surface area (Å²) < 4.78 is 5.38. The Balaban J connectivity index is 1.10. The number of H-pyrrole nitrogens is 1. The van der Waals surface area contributed by atoms with Crippen molar-refractivity contribution in [2.75, 3.05) is 49.6 Å². The van der Waals surface area contributed by atoms with E-state index < -0.39 is 0 Å². The van der Waals surface area contributed by atoms with Crippen molar-refractivity contribution in [2.45, 2.75) is 37.6 Å². The van der Waals surface area contributed by atoms with Gasteiger partial charge in [-0.1, -0.05) is 12.1 Å². The Morgan fingerprint density at radius 3 is 2.69 bits per heavy atom. The second-order valence-corrected chi connectivity index (χ2v) is 8.81. The number of methoxy groups -OCH3 is 1. The molecule has 3 fully saturated rings. The summed E-state index contributed by atoms with van der Waals surface area (Å²) in [5, 5.41) is 10.7. The van der Waals surface area contributed by atoms with E-state index in [2.05, 4.69) is 26.5 Å². The second kappa shape index (κ2) is 8.72. The van der Waals surface area contributed by atoms with E-state index in [0.717, 1.165) is 37.4 Å². The van der Waals surface area contributed by atoms with Gasteiger partial charge in [0.05, 0.1) is 12.8 Å². The van der Waals surface area contributed by atoms with Crippen molar-refractivity contribution in [3.05, 3.63) is 36.0 Å². The fourth-order valence-electron chi connectivity index (χ4n) is 4.60. The summed E-state index contributed by atoms with van der Waals surface area (Å²) in [6.07, 6.45) is 4.26. The quantitative estimate of drug-likeness (QED) is 0.692. The third kappa shape index (κ3) is 4.24. The van der Waals surface area contributed by atoms with E-state index in [1.54, 1.807) is 16.9 Å². The molecule has 1 aliphatic carbocycles. The van der Waals surface area contributed by atoms with Gasteiger partial charge in [-0.3, -0.25) is 14.8 Å². The van der Waals surface area contributed by atoms with Crippen molar-refractivity contribution in [1.29, 1.82) is 0 Å². The number of aromatic nitrogens is 2. The molecule has 5 rings (SSSR count). The number of urea groups is 1. The normalized spacial score (nSPS) is 19.5. The lowest BCUT2D eigenvalue weighted by Crippen LogP contribution is -2.48. The number of amides is 3. The molecule has 0 radical (unpaired) electrons. The molecular formula is C23H30N6O3. The Bertz CT molecular complexity index is 980. The molecule has 32 heavy (non-hydrogen) atoms. The molecule has 1 saturated carbocycles. The van der Waals surface area contributed by atoms with Gasteiger partial charge in [0.15, 0.2) is 5.82 Å². The molecule has 0 spiro atoms. The van der Waals surface area contributed by atoms with Crippen molar-refractivity contribution < 1.29 is 14.3 Å². The minimum atomic E-state index is -0.163.